The SMILES string of the molecule is CSc1ncc(C(C)(C)C)c(C(C)(C)C)n1. The van der Waals surface area contributed by atoms with E-state index in [2.05, 4.69) is 51.5 Å². The molecule has 0 bridgehead atoms. The summed E-state index contributed by atoms with van der Waals surface area (Å²) in [6.07, 6.45) is 4.00. The highest BCUT2D eigenvalue weighted by Crippen LogP contribution is 2.32. The lowest BCUT2D eigenvalue weighted by Crippen LogP contribution is -2.24. The van der Waals surface area contributed by atoms with Crippen molar-refractivity contribution in [2.75, 3.05) is 6.26 Å². The molecule has 3 heteroatoms. The number of aromatic nitrogens is 2. The van der Waals surface area contributed by atoms with Gasteiger partial charge in [0, 0.05) is 11.6 Å². The molecule has 0 aromatic carbocycles. The summed E-state index contributed by atoms with van der Waals surface area (Å²) in [5.74, 6) is 0. The molecule has 0 saturated heterocycles. The van der Waals surface area contributed by atoms with E-state index in [-0.39, 0.29) is 10.8 Å². The molecule has 0 radical (unpaired) electrons. The van der Waals surface area contributed by atoms with E-state index >= 15 is 0 Å². The van der Waals surface area contributed by atoms with Gasteiger partial charge in [-0.05, 0) is 17.2 Å². The third kappa shape index (κ3) is 2.97. The molecule has 1 rings (SSSR count). The van der Waals surface area contributed by atoms with Crippen LogP contribution in [0.2, 0.25) is 0 Å². The molecule has 0 N–H and O–H groups in total. The van der Waals surface area contributed by atoms with E-state index in [0.717, 1.165) is 5.16 Å². The molecule has 0 atom stereocenters. The van der Waals surface area contributed by atoms with Crippen molar-refractivity contribution in [2.45, 2.75) is 57.5 Å². The van der Waals surface area contributed by atoms with Gasteiger partial charge in [0.2, 0.25) is 0 Å². The summed E-state index contributed by atoms with van der Waals surface area (Å²) in [6, 6.07) is 0. The van der Waals surface area contributed by atoms with Crippen LogP contribution in [-0.4, -0.2) is 16.2 Å². The van der Waals surface area contributed by atoms with Crippen molar-refractivity contribution in [3.05, 3.63) is 17.5 Å². The predicted octanol–water partition coefficient (Wildman–Crippen LogP) is 3.79. The van der Waals surface area contributed by atoms with Crippen LogP contribution in [0.5, 0.6) is 0 Å². The van der Waals surface area contributed by atoms with Gasteiger partial charge in [-0.1, -0.05) is 53.3 Å². The Morgan fingerprint density at radius 1 is 1.00 bits per heavy atom. The van der Waals surface area contributed by atoms with Gasteiger partial charge < -0.3 is 0 Å². The third-order valence-corrected chi connectivity index (χ3v) is 3.03. The predicted molar refractivity (Wildman–Crippen MR) is 71.2 cm³/mol. The van der Waals surface area contributed by atoms with Crippen LogP contribution in [0.1, 0.15) is 52.8 Å². The molecular formula is C13H22N2S. The van der Waals surface area contributed by atoms with E-state index in [1.165, 1.54) is 11.3 Å². The summed E-state index contributed by atoms with van der Waals surface area (Å²) in [5.41, 5.74) is 2.58. The van der Waals surface area contributed by atoms with Crippen molar-refractivity contribution >= 4 is 11.8 Å². The fourth-order valence-corrected chi connectivity index (χ4v) is 1.93. The molecule has 0 amide bonds. The van der Waals surface area contributed by atoms with Gasteiger partial charge in [-0.25, -0.2) is 9.97 Å². The number of nitrogens with zero attached hydrogens (tertiary/aromatic N) is 2. The van der Waals surface area contributed by atoms with Gasteiger partial charge in [0.25, 0.3) is 0 Å². The van der Waals surface area contributed by atoms with Crippen molar-refractivity contribution < 1.29 is 0 Å². The standard InChI is InChI=1S/C13H22N2S/c1-12(2,3)9-8-14-11(16-7)15-10(9)13(4,5)6/h8H,1-7H3. The maximum Gasteiger partial charge on any atom is 0.187 e. The Morgan fingerprint density at radius 3 is 1.94 bits per heavy atom. The van der Waals surface area contributed by atoms with Crippen molar-refractivity contribution in [2.24, 2.45) is 0 Å². The Kier molecular flexibility index (Phi) is 3.68. The van der Waals surface area contributed by atoms with Gasteiger partial charge >= 0.3 is 0 Å². The zero-order valence-electron chi connectivity index (χ0n) is 11.4. The summed E-state index contributed by atoms with van der Waals surface area (Å²) >= 11 is 1.60. The van der Waals surface area contributed by atoms with Crippen molar-refractivity contribution in [3.63, 3.8) is 0 Å². The minimum absolute atomic E-state index is 0.0655. The lowest BCUT2D eigenvalue weighted by molar-refractivity contribution is 0.502. The minimum atomic E-state index is 0.0655. The first-order valence-electron chi connectivity index (χ1n) is 5.58. The Bertz CT molecular complexity index is 372. The number of hydrogen-bond acceptors (Lipinski definition) is 3. The molecule has 0 aliphatic rings. The molecule has 1 aromatic heterocycles. The Labute approximate surface area is 103 Å². The molecule has 16 heavy (non-hydrogen) atoms. The van der Waals surface area contributed by atoms with E-state index < -0.39 is 0 Å². The molecule has 2 nitrogen and oxygen atoms in total. The lowest BCUT2D eigenvalue weighted by Gasteiger charge is -2.28. The van der Waals surface area contributed by atoms with Crippen LogP contribution >= 0.6 is 11.8 Å². The first-order chi connectivity index (χ1) is 7.16. The van der Waals surface area contributed by atoms with Gasteiger partial charge in [0.05, 0.1) is 5.69 Å². The minimum Gasteiger partial charge on any atom is -0.231 e. The fourth-order valence-electron chi connectivity index (χ4n) is 1.58. The molecule has 0 aliphatic heterocycles. The van der Waals surface area contributed by atoms with Crippen LogP contribution in [-0.2, 0) is 10.8 Å². The van der Waals surface area contributed by atoms with Gasteiger partial charge in [-0.3, -0.25) is 0 Å². The molecule has 0 saturated carbocycles. The summed E-state index contributed by atoms with van der Waals surface area (Å²) in [6.45, 7) is 13.2. The smallest absolute Gasteiger partial charge is 0.187 e. The second kappa shape index (κ2) is 4.36. The fraction of sp³-hybridized carbons (Fsp3) is 0.692. The van der Waals surface area contributed by atoms with E-state index in [9.17, 15) is 0 Å². The van der Waals surface area contributed by atoms with Crippen molar-refractivity contribution in [3.8, 4) is 0 Å². The maximum absolute atomic E-state index is 4.68. The zero-order valence-corrected chi connectivity index (χ0v) is 12.2. The van der Waals surface area contributed by atoms with Crippen LogP contribution in [0.15, 0.2) is 11.4 Å². The molecule has 0 spiro atoms. The molecular weight excluding hydrogens is 216 g/mol. The second-order valence-electron chi connectivity index (χ2n) is 6.12. The molecule has 0 aliphatic carbocycles. The number of rotatable bonds is 1. The summed E-state index contributed by atoms with van der Waals surface area (Å²) in [5, 5.41) is 0.859. The molecule has 0 unspecified atom stereocenters. The van der Waals surface area contributed by atoms with Crippen LogP contribution in [0, 0.1) is 0 Å². The first-order valence-corrected chi connectivity index (χ1v) is 6.80. The van der Waals surface area contributed by atoms with Crippen LogP contribution in [0.25, 0.3) is 0 Å². The van der Waals surface area contributed by atoms with Gasteiger partial charge in [0.1, 0.15) is 0 Å². The Morgan fingerprint density at radius 2 is 1.56 bits per heavy atom. The van der Waals surface area contributed by atoms with E-state index in [4.69, 9.17) is 0 Å². The van der Waals surface area contributed by atoms with Crippen LogP contribution in [0.4, 0.5) is 0 Å². The van der Waals surface area contributed by atoms with E-state index in [1.807, 2.05) is 12.5 Å². The molecule has 90 valence electrons. The lowest BCUT2D eigenvalue weighted by atomic mass is 9.79. The quantitative estimate of drug-likeness (QED) is 0.550. The maximum atomic E-state index is 4.68. The average Bonchev–Trinajstić information content (AvgIpc) is 2.14. The average molecular weight is 238 g/mol. The van der Waals surface area contributed by atoms with Crippen LogP contribution < -0.4 is 0 Å². The monoisotopic (exact) mass is 238 g/mol. The summed E-state index contributed by atoms with van der Waals surface area (Å²) in [7, 11) is 0. The normalized spacial score (nSPS) is 12.9. The molecule has 0 fully saturated rings. The largest absolute Gasteiger partial charge is 0.231 e. The van der Waals surface area contributed by atoms with Gasteiger partial charge in [0.15, 0.2) is 5.16 Å². The number of thioether (sulfide) groups is 1. The summed E-state index contributed by atoms with van der Waals surface area (Å²) < 4.78 is 0. The second-order valence-corrected chi connectivity index (χ2v) is 6.89. The molecule has 1 aromatic rings. The molecule has 1 heterocycles. The zero-order chi connectivity index (χ0) is 12.6. The third-order valence-electron chi connectivity index (χ3n) is 2.47. The summed E-state index contributed by atoms with van der Waals surface area (Å²) in [4.78, 5) is 9.07. The van der Waals surface area contributed by atoms with Gasteiger partial charge in [-0.15, -0.1) is 0 Å². The highest BCUT2D eigenvalue weighted by atomic mass is 32.2. The van der Waals surface area contributed by atoms with Gasteiger partial charge in [-0.2, -0.15) is 0 Å². The number of hydrogen-bond donors (Lipinski definition) is 0. The van der Waals surface area contributed by atoms with Crippen molar-refractivity contribution in [1.82, 2.24) is 9.97 Å². The highest BCUT2D eigenvalue weighted by Gasteiger charge is 2.27. The van der Waals surface area contributed by atoms with Crippen LogP contribution in [0.3, 0.4) is 0 Å². The highest BCUT2D eigenvalue weighted by molar-refractivity contribution is 7.98. The van der Waals surface area contributed by atoms with E-state index in [1.54, 1.807) is 11.8 Å². The Hall–Kier alpha value is -0.570. The van der Waals surface area contributed by atoms with E-state index in [0.29, 0.717) is 0 Å². The topological polar surface area (TPSA) is 25.8 Å². The Balaban J connectivity index is 3.40. The van der Waals surface area contributed by atoms with Crippen molar-refractivity contribution in [1.29, 1.82) is 0 Å². The first kappa shape index (κ1) is 13.5.